The first-order valence-electron chi connectivity index (χ1n) is 8.61. The minimum Gasteiger partial charge on any atom is -0.356 e. The molecule has 2 aliphatic rings. The second-order valence-electron chi connectivity index (χ2n) is 6.78. The molecule has 1 saturated carbocycles. The molecular weight excluding hydrogens is 322 g/mol. The quantitative estimate of drug-likeness (QED) is 0.928. The number of piperidine rings is 1. The number of amides is 2. The summed E-state index contributed by atoms with van der Waals surface area (Å²) in [5, 5.41) is 3.05. The summed E-state index contributed by atoms with van der Waals surface area (Å²) in [6.07, 6.45) is 4.20. The van der Waals surface area contributed by atoms with Crippen LogP contribution in [-0.4, -0.2) is 41.3 Å². The van der Waals surface area contributed by atoms with Gasteiger partial charge in [-0.15, -0.1) is 11.3 Å². The van der Waals surface area contributed by atoms with Crippen LogP contribution in [0, 0.1) is 11.8 Å². The fraction of sp³-hybridized carbons (Fsp3) is 0.500. The average molecular weight is 343 g/mol. The van der Waals surface area contributed by atoms with Crippen LogP contribution in [0.15, 0.2) is 23.7 Å². The van der Waals surface area contributed by atoms with Crippen LogP contribution in [0.2, 0.25) is 0 Å². The Labute approximate surface area is 145 Å². The van der Waals surface area contributed by atoms with E-state index < -0.39 is 0 Å². The van der Waals surface area contributed by atoms with Gasteiger partial charge in [0.25, 0.3) is 5.91 Å². The SMILES string of the molecule is O=C(NCC1CC1)C1CCCN(C(=O)c2cccc3scnc23)C1. The maximum atomic E-state index is 12.9. The van der Waals surface area contributed by atoms with Gasteiger partial charge in [-0.05, 0) is 43.7 Å². The van der Waals surface area contributed by atoms with Crippen molar-refractivity contribution in [2.75, 3.05) is 19.6 Å². The van der Waals surface area contributed by atoms with Crippen LogP contribution in [0.4, 0.5) is 0 Å². The van der Waals surface area contributed by atoms with Crippen LogP contribution < -0.4 is 5.32 Å². The summed E-state index contributed by atoms with van der Waals surface area (Å²) in [5.41, 5.74) is 3.19. The third-order valence-electron chi connectivity index (χ3n) is 4.93. The Balaban J connectivity index is 1.46. The first kappa shape index (κ1) is 15.6. The van der Waals surface area contributed by atoms with E-state index in [1.54, 1.807) is 16.8 Å². The summed E-state index contributed by atoms with van der Waals surface area (Å²) >= 11 is 1.54. The van der Waals surface area contributed by atoms with Crippen LogP contribution in [0.5, 0.6) is 0 Å². The number of fused-ring (bicyclic) bond motifs is 1. The van der Waals surface area contributed by atoms with E-state index >= 15 is 0 Å². The third kappa shape index (κ3) is 3.15. The molecule has 2 amide bonds. The van der Waals surface area contributed by atoms with Gasteiger partial charge in [-0.1, -0.05) is 6.07 Å². The number of thiazole rings is 1. The van der Waals surface area contributed by atoms with Crippen molar-refractivity contribution in [1.82, 2.24) is 15.2 Å². The first-order chi connectivity index (χ1) is 11.7. The number of nitrogens with zero attached hydrogens (tertiary/aromatic N) is 2. The lowest BCUT2D eigenvalue weighted by molar-refractivity contribution is -0.126. The molecule has 5 nitrogen and oxygen atoms in total. The molecular formula is C18H21N3O2S. The fourth-order valence-corrected chi connectivity index (χ4v) is 4.02. The van der Waals surface area contributed by atoms with Gasteiger partial charge in [-0.2, -0.15) is 0 Å². The zero-order chi connectivity index (χ0) is 16.5. The first-order valence-corrected chi connectivity index (χ1v) is 9.49. The molecule has 1 N–H and O–H groups in total. The van der Waals surface area contributed by atoms with E-state index in [1.165, 1.54) is 12.8 Å². The lowest BCUT2D eigenvalue weighted by Crippen LogP contribution is -2.45. The summed E-state index contributed by atoms with van der Waals surface area (Å²) in [7, 11) is 0. The minimum absolute atomic E-state index is 0.00815. The lowest BCUT2D eigenvalue weighted by atomic mass is 9.96. The number of benzene rings is 1. The topological polar surface area (TPSA) is 62.3 Å². The molecule has 1 aromatic carbocycles. The van der Waals surface area contributed by atoms with E-state index in [-0.39, 0.29) is 17.7 Å². The molecule has 0 bridgehead atoms. The van der Waals surface area contributed by atoms with Crippen molar-refractivity contribution in [3.8, 4) is 0 Å². The molecule has 1 unspecified atom stereocenters. The third-order valence-corrected chi connectivity index (χ3v) is 5.73. The van der Waals surface area contributed by atoms with Crippen molar-refractivity contribution in [2.45, 2.75) is 25.7 Å². The molecule has 1 atom stereocenters. The molecule has 126 valence electrons. The van der Waals surface area contributed by atoms with Gasteiger partial charge in [0.15, 0.2) is 0 Å². The van der Waals surface area contributed by atoms with E-state index in [0.29, 0.717) is 24.6 Å². The summed E-state index contributed by atoms with van der Waals surface area (Å²) in [6, 6.07) is 5.72. The highest BCUT2D eigenvalue weighted by atomic mass is 32.1. The monoisotopic (exact) mass is 343 g/mol. The van der Waals surface area contributed by atoms with E-state index in [9.17, 15) is 9.59 Å². The summed E-state index contributed by atoms with van der Waals surface area (Å²) in [4.78, 5) is 31.4. The van der Waals surface area contributed by atoms with Gasteiger partial charge in [0.1, 0.15) is 0 Å². The van der Waals surface area contributed by atoms with E-state index in [1.807, 2.05) is 23.1 Å². The highest BCUT2D eigenvalue weighted by Crippen LogP contribution is 2.28. The Morgan fingerprint density at radius 3 is 3.00 bits per heavy atom. The molecule has 2 fully saturated rings. The molecule has 6 heteroatoms. The average Bonchev–Trinajstić information content (AvgIpc) is 3.33. The van der Waals surface area contributed by atoms with Crippen molar-refractivity contribution < 1.29 is 9.59 Å². The summed E-state index contributed by atoms with van der Waals surface area (Å²) in [5.74, 6) is 0.686. The van der Waals surface area contributed by atoms with Crippen molar-refractivity contribution in [3.63, 3.8) is 0 Å². The fourth-order valence-electron chi connectivity index (χ4n) is 3.32. The second-order valence-corrected chi connectivity index (χ2v) is 7.67. The van der Waals surface area contributed by atoms with Crippen LogP contribution >= 0.6 is 11.3 Å². The van der Waals surface area contributed by atoms with E-state index in [0.717, 1.165) is 29.6 Å². The summed E-state index contributed by atoms with van der Waals surface area (Å²) < 4.78 is 1.02. The highest BCUT2D eigenvalue weighted by molar-refractivity contribution is 7.16. The lowest BCUT2D eigenvalue weighted by Gasteiger charge is -2.32. The normalized spacial score (nSPS) is 21.0. The maximum Gasteiger partial charge on any atom is 0.256 e. The zero-order valence-corrected chi connectivity index (χ0v) is 14.3. The number of carbonyl (C=O) groups excluding carboxylic acids is 2. The Morgan fingerprint density at radius 2 is 2.17 bits per heavy atom. The molecule has 0 spiro atoms. The number of hydrogen-bond donors (Lipinski definition) is 1. The number of nitrogens with one attached hydrogen (secondary N) is 1. The molecule has 1 aromatic heterocycles. The van der Waals surface area contributed by atoms with Gasteiger partial charge in [0.05, 0.1) is 27.2 Å². The van der Waals surface area contributed by atoms with Gasteiger partial charge >= 0.3 is 0 Å². The number of para-hydroxylation sites is 1. The van der Waals surface area contributed by atoms with Crippen molar-refractivity contribution in [2.24, 2.45) is 11.8 Å². The predicted molar refractivity (Wildman–Crippen MR) is 94.0 cm³/mol. The Hall–Kier alpha value is -1.95. The largest absolute Gasteiger partial charge is 0.356 e. The number of likely N-dealkylation sites (tertiary alicyclic amines) is 1. The molecule has 4 rings (SSSR count). The van der Waals surface area contributed by atoms with Gasteiger partial charge < -0.3 is 10.2 Å². The predicted octanol–water partition coefficient (Wildman–Crippen LogP) is 2.67. The molecule has 1 aliphatic heterocycles. The minimum atomic E-state index is -0.0870. The molecule has 2 heterocycles. The van der Waals surface area contributed by atoms with Gasteiger partial charge in [0, 0.05) is 19.6 Å². The number of aromatic nitrogens is 1. The van der Waals surface area contributed by atoms with Gasteiger partial charge in [-0.3, -0.25) is 9.59 Å². The Kier molecular flexibility index (Phi) is 4.22. The van der Waals surface area contributed by atoms with Crippen LogP contribution in [0.25, 0.3) is 10.2 Å². The molecule has 0 radical (unpaired) electrons. The second kappa shape index (κ2) is 6.51. The molecule has 1 aliphatic carbocycles. The maximum absolute atomic E-state index is 12.9. The molecule has 24 heavy (non-hydrogen) atoms. The number of carbonyl (C=O) groups is 2. The smallest absolute Gasteiger partial charge is 0.256 e. The Morgan fingerprint density at radius 1 is 1.29 bits per heavy atom. The standard InChI is InChI=1S/C18H21N3O2S/c22-17(19-9-12-6-7-12)13-3-2-8-21(10-13)18(23)14-4-1-5-15-16(14)20-11-24-15/h1,4-5,11-13H,2-3,6-10H2,(H,19,22). The number of hydrogen-bond acceptors (Lipinski definition) is 4. The molecule has 2 aromatic rings. The van der Waals surface area contributed by atoms with E-state index in [2.05, 4.69) is 10.3 Å². The number of rotatable bonds is 4. The highest BCUT2D eigenvalue weighted by Gasteiger charge is 2.30. The van der Waals surface area contributed by atoms with Crippen molar-refractivity contribution in [1.29, 1.82) is 0 Å². The van der Waals surface area contributed by atoms with Gasteiger partial charge in [0.2, 0.25) is 5.91 Å². The van der Waals surface area contributed by atoms with Crippen LogP contribution in [0.1, 0.15) is 36.0 Å². The molecule has 1 saturated heterocycles. The van der Waals surface area contributed by atoms with Crippen molar-refractivity contribution in [3.05, 3.63) is 29.3 Å². The van der Waals surface area contributed by atoms with E-state index in [4.69, 9.17) is 0 Å². The van der Waals surface area contributed by atoms with Crippen LogP contribution in [-0.2, 0) is 4.79 Å². The van der Waals surface area contributed by atoms with Gasteiger partial charge in [-0.25, -0.2) is 4.98 Å². The summed E-state index contributed by atoms with van der Waals surface area (Å²) in [6.45, 7) is 2.02. The van der Waals surface area contributed by atoms with Crippen molar-refractivity contribution >= 4 is 33.4 Å². The van der Waals surface area contributed by atoms with Crippen LogP contribution in [0.3, 0.4) is 0 Å². The Bertz CT molecular complexity index is 768. The zero-order valence-electron chi connectivity index (χ0n) is 13.5.